The van der Waals surface area contributed by atoms with Crippen molar-refractivity contribution >= 4 is 62.3 Å². The lowest BCUT2D eigenvalue weighted by molar-refractivity contribution is -0.139. The first kappa shape index (κ1) is 29.2. The van der Waals surface area contributed by atoms with Crippen molar-refractivity contribution in [3.8, 4) is 0 Å². The summed E-state index contributed by atoms with van der Waals surface area (Å²) in [5, 5.41) is 3.09. The Hall–Kier alpha value is -2.00. The van der Waals surface area contributed by atoms with Crippen LogP contribution in [0.15, 0.2) is 36.4 Å². The first-order chi connectivity index (χ1) is 16.2. The normalized spacial score (nSPS) is 12.4. The van der Waals surface area contributed by atoms with Gasteiger partial charge in [-0.3, -0.25) is 13.9 Å². The van der Waals surface area contributed by atoms with Gasteiger partial charge in [-0.15, -0.1) is 0 Å². The van der Waals surface area contributed by atoms with E-state index in [-0.39, 0.29) is 39.1 Å². The lowest BCUT2D eigenvalue weighted by Gasteiger charge is -2.32. The number of halogens is 3. The van der Waals surface area contributed by atoms with E-state index in [4.69, 9.17) is 34.8 Å². The van der Waals surface area contributed by atoms with Crippen LogP contribution in [0, 0.1) is 12.8 Å². The Morgan fingerprint density at radius 3 is 2.09 bits per heavy atom. The van der Waals surface area contributed by atoms with Crippen LogP contribution < -0.4 is 9.62 Å². The average molecular weight is 563 g/mol. The van der Waals surface area contributed by atoms with Crippen LogP contribution in [0.2, 0.25) is 15.1 Å². The largest absolute Gasteiger partial charge is 0.354 e. The number of carbonyl (C=O) groups excluding carboxylic acids is 2. The molecule has 0 aromatic heterocycles. The number of anilines is 1. The highest BCUT2D eigenvalue weighted by molar-refractivity contribution is 7.92. The molecule has 0 bridgehead atoms. The Morgan fingerprint density at radius 1 is 0.971 bits per heavy atom. The van der Waals surface area contributed by atoms with Crippen molar-refractivity contribution in [3.05, 3.63) is 62.6 Å². The lowest BCUT2D eigenvalue weighted by Crippen LogP contribution is -2.51. The molecule has 0 radical (unpaired) electrons. The van der Waals surface area contributed by atoms with Gasteiger partial charge in [0, 0.05) is 13.1 Å². The minimum Gasteiger partial charge on any atom is -0.354 e. The Kier molecular flexibility index (Phi) is 10.3. The third-order valence-electron chi connectivity index (χ3n) is 5.26. The van der Waals surface area contributed by atoms with Gasteiger partial charge in [-0.2, -0.15) is 0 Å². The van der Waals surface area contributed by atoms with Gasteiger partial charge in [-0.25, -0.2) is 8.42 Å². The molecule has 0 aliphatic carbocycles. The average Bonchev–Trinajstić information content (AvgIpc) is 2.76. The maximum absolute atomic E-state index is 13.5. The number of aryl methyl sites for hydroxylation is 1. The van der Waals surface area contributed by atoms with Gasteiger partial charge in [0.15, 0.2) is 0 Å². The summed E-state index contributed by atoms with van der Waals surface area (Å²) in [5.74, 6) is -0.687. The molecule has 192 valence electrons. The second kappa shape index (κ2) is 12.3. The van der Waals surface area contributed by atoms with Crippen LogP contribution in [0.3, 0.4) is 0 Å². The fourth-order valence-electron chi connectivity index (χ4n) is 3.22. The zero-order chi connectivity index (χ0) is 26.5. The molecule has 2 rings (SSSR count). The van der Waals surface area contributed by atoms with Crippen molar-refractivity contribution in [2.75, 3.05) is 23.7 Å². The van der Waals surface area contributed by atoms with E-state index in [2.05, 4.69) is 5.32 Å². The van der Waals surface area contributed by atoms with Crippen molar-refractivity contribution in [2.45, 2.75) is 40.3 Å². The summed E-state index contributed by atoms with van der Waals surface area (Å²) in [6.07, 6.45) is 0.961. The molecule has 2 amide bonds. The molecule has 1 atom stereocenters. The van der Waals surface area contributed by atoms with Gasteiger partial charge in [0.1, 0.15) is 12.6 Å². The molecule has 35 heavy (non-hydrogen) atoms. The summed E-state index contributed by atoms with van der Waals surface area (Å²) in [6, 6.07) is 9.28. The van der Waals surface area contributed by atoms with E-state index in [0.717, 1.165) is 21.7 Å². The maximum Gasteiger partial charge on any atom is 0.244 e. The van der Waals surface area contributed by atoms with Gasteiger partial charge in [0.05, 0.1) is 27.0 Å². The topological polar surface area (TPSA) is 86.8 Å². The number of sulfonamides is 1. The predicted molar refractivity (Wildman–Crippen MR) is 143 cm³/mol. The Labute approximate surface area is 222 Å². The highest BCUT2D eigenvalue weighted by Crippen LogP contribution is 2.35. The second-order valence-corrected chi connectivity index (χ2v) is 11.9. The van der Waals surface area contributed by atoms with Gasteiger partial charge in [0.2, 0.25) is 21.8 Å². The summed E-state index contributed by atoms with van der Waals surface area (Å²) in [6.45, 7) is 7.46. The van der Waals surface area contributed by atoms with E-state index in [1.807, 2.05) is 45.0 Å². The molecule has 2 aromatic rings. The first-order valence-corrected chi connectivity index (χ1v) is 13.9. The van der Waals surface area contributed by atoms with Gasteiger partial charge in [-0.05, 0) is 37.5 Å². The van der Waals surface area contributed by atoms with Crippen LogP contribution in [0.5, 0.6) is 0 Å². The molecule has 0 saturated carbocycles. The van der Waals surface area contributed by atoms with Crippen molar-refractivity contribution < 1.29 is 18.0 Å². The van der Waals surface area contributed by atoms with Crippen LogP contribution in [0.4, 0.5) is 5.69 Å². The number of nitrogens with zero attached hydrogens (tertiary/aromatic N) is 2. The molecule has 7 nitrogen and oxygen atoms in total. The number of hydrogen-bond donors (Lipinski definition) is 1. The van der Waals surface area contributed by atoms with Gasteiger partial charge < -0.3 is 10.2 Å². The quantitative estimate of drug-likeness (QED) is 0.417. The molecule has 0 heterocycles. The Morgan fingerprint density at radius 2 is 1.54 bits per heavy atom. The fourth-order valence-corrected chi connectivity index (χ4v) is 4.77. The fraction of sp³-hybridized carbons (Fsp3) is 0.417. The smallest absolute Gasteiger partial charge is 0.244 e. The predicted octanol–water partition coefficient (Wildman–Crippen LogP) is 4.91. The molecule has 0 fully saturated rings. The van der Waals surface area contributed by atoms with Crippen LogP contribution in [-0.4, -0.2) is 50.5 Å². The molecule has 0 saturated heterocycles. The maximum atomic E-state index is 13.5. The van der Waals surface area contributed by atoms with Gasteiger partial charge in [-0.1, -0.05) is 78.5 Å². The molecular formula is C24H30Cl3N3O4S. The summed E-state index contributed by atoms with van der Waals surface area (Å²) in [7, 11) is -3.95. The Balaban J connectivity index is 2.43. The van der Waals surface area contributed by atoms with Crippen molar-refractivity contribution in [3.63, 3.8) is 0 Å². The Bertz CT molecular complexity index is 1170. The van der Waals surface area contributed by atoms with Crippen LogP contribution in [0.1, 0.15) is 31.9 Å². The number of carbonyl (C=O) groups is 2. The van der Waals surface area contributed by atoms with E-state index in [9.17, 15) is 18.0 Å². The molecule has 0 aliphatic rings. The summed E-state index contributed by atoms with van der Waals surface area (Å²) < 4.78 is 26.2. The van der Waals surface area contributed by atoms with Crippen LogP contribution in [0.25, 0.3) is 0 Å². The highest BCUT2D eigenvalue weighted by atomic mass is 35.5. The second-order valence-electron chi connectivity index (χ2n) is 8.81. The number of benzene rings is 2. The number of nitrogens with one attached hydrogen (secondary N) is 1. The highest BCUT2D eigenvalue weighted by Gasteiger charge is 2.31. The first-order valence-electron chi connectivity index (χ1n) is 11.0. The van der Waals surface area contributed by atoms with Crippen molar-refractivity contribution in [1.29, 1.82) is 0 Å². The van der Waals surface area contributed by atoms with E-state index in [1.165, 1.54) is 17.0 Å². The summed E-state index contributed by atoms with van der Waals surface area (Å²) in [4.78, 5) is 27.7. The van der Waals surface area contributed by atoms with E-state index < -0.39 is 28.5 Å². The van der Waals surface area contributed by atoms with E-state index in [1.54, 1.807) is 6.92 Å². The SMILES string of the molecule is Cc1ccc(CN(C(=O)CN(c2cc(Cl)c(Cl)cc2Cl)S(C)(=O)=O)[C@@H](C)C(=O)NCC(C)C)cc1. The third kappa shape index (κ3) is 8.27. The molecule has 0 spiro atoms. The van der Waals surface area contributed by atoms with E-state index >= 15 is 0 Å². The number of amides is 2. The number of rotatable bonds is 10. The third-order valence-corrected chi connectivity index (χ3v) is 7.41. The van der Waals surface area contributed by atoms with E-state index in [0.29, 0.717) is 6.54 Å². The van der Waals surface area contributed by atoms with Crippen molar-refractivity contribution in [1.82, 2.24) is 10.2 Å². The molecule has 11 heteroatoms. The molecule has 1 N–H and O–H groups in total. The zero-order valence-electron chi connectivity index (χ0n) is 20.3. The summed E-state index contributed by atoms with van der Waals surface area (Å²) >= 11 is 18.3. The lowest BCUT2D eigenvalue weighted by atomic mass is 10.1. The minimum atomic E-state index is -3.95. The van der Waals surface area contributed by atoms with Gasteiger partial charge in [0.25, 0.3) is 0 Å². The van der Waals surface area contributed by atoms with Crippen LogP contribution in [-0.2, 0) is 26.2 Å². The molecule has 0 unspecified atom stereocenters. The molecule has 0 aliphatic heterocycles. The zero-order valence-corrected chi connectivity index (χ0v) is 23.4. The van der Waals surface area contributed by atoms with Crippen molar-refractivity contribution in [2.24, 2.45) is 5.92 Å². The molecular weight excluding hydrogens is 533 g/mol. The summed E-state index contributed by atoms with van der Waals surface area (Å²) in [5.41, 5.74) is 1.86. The van der Waals surface area contributed by atoms with Crippen LogP contribution >= 0.6 is 34.8 Å². The minimum absolute atomic E-state index is 0.0177. The molecule has 2 aromatic carbocycles. The monoisotopic (exact) mass is 561 g/mol. The standard InChI is InChI=1S/C24H30Cl3N3O4S/c1-15(2)12-28-24(32)17(4)29(13-18-8-6-16(3)7-9-18)23(31)14-30(35(5,33)34)22-11-20(26)19(25)10-21(22)27/h6-11,15,17H,12-14H2,1-5H3,(H,28,32)/t17-/m0/s1. The number of hydrogen-bond acceptors (Lipinski definition) is 4. The van der Waals surface area contributed by atoms with Gasteiger partial charge >= 0.3 is 0 Å².